The summed E-state index contributed by atoms with van der Waals surface area (Å²) < 4.78 is 13.9. The zero-order valence-electron chi connectivity index (χ0n) is 17.5. The molecule has 2 heterocycles. The van der Waals surface area contributed by atoms with E-state index in [9.17, 15) is 9.18 Å². The van der Waals surface area contributed by atoms with Crippen molar-refractivity contribution < 1.29 is 9.18 Å². The molecule has 5 rings (SSSR count). The lowest BCUT2D eigenvalue weighted by molar-refractivity contribution is 0.0930. The average Bonchev–Trinajstić information content (AvgIpc) is 3.51. The van der Waals surface area contributed by atoms with Gasteiger partial charge in [-0.25, -0.2) is 14.4 Å². The van der Waals surface area contributed by atoms with Crippen molar-refractivity contribution in [1.29, 1.82) is 0 Å². The number of carbonyl (C=O) groups is 1. The molecule has 0 bridgehead atoms. The van der Waals surface area contributed by atoms with Crippen LogP contribution in [0.15, 0.2) is 30.5 Å². The molecule has 0 saturated heterocycles. The standard InChI is InChI=1S/C24H27FN4O/c1-23(2)13-27-21(30)17-8-7-15(11-19(17)23)16-5-3-4-6-20-18(16)12-26-22(29-20)28-14-24(25)9-10-24/h5,7-8,11-12H,3-4,6,9-10,13-14H2,1-2H3,(H,27,30)(H,26,28,29). The predicted molar refractivity (Wildman–Crippen MR) is 115 cm³/mol. The van der Waals surface area contributed by atoms with Crippen LogP contribution in [0, 0.1) is 0 Å². The molecule has 2 N–H and O–H groups in total. The minimum Gasteiger partial charge on any atom is -0.351 e. The maximum Gasteiger partial charge on any atom is 0.251 e. The molecule has 0 spiro atoms. The van der Waals surface area contributed by atoms with E-state index in [0.29, 0.717) is 25.3 Å². The van der Waals surface area contributed by atoms with E-state index in [1.165, 1.54) is 0 Å². The molecule has 1 aromatic carbocycles. The van der Waals surface area contributed by atoms with Crippen LogP contribution in [0.1, 0.15) is 72.3 Å². The van der Waals surface area contributed by atoms with Crippen LogP contribution in [0.4, 0.5) is 10.3 Å². The summed E-state index contributed by atoms with van der Waals surface area (Å²) in [4.78, 5) is 21.5. The van der Waals surface area contributed by atoms with E-state index < -0.39 is 5.67 Å². The van der Waals surface area contributed by atoms with Gasteiger partial charge in [0.1, 0.15) is 5.67 Å². The first-order chi connectivity index (χ1) is 14.3. The summed E-state index contributed by atoms with van der Waals surface area (Å²) in [6.07, 6.45) is 8.18. The highest BCUT2D eigenvalue weighted by Gasteiger charge is 2.43. The smallest absolute Gasteiger partial charge is 0.251 e. The minimum atomic E-state index is -1.08. The van der Waals surface area contributed by atoms with Gasteiger partial charge in [0.05, 0.1) is 12.2 Å². The number of carbonyl (C=O) groups excluding carboxylic acids is 1. The molecule has 5 nitrogen and oxygen atoms in total. The van der Waals surface area contributed by atoms with Gasteiger partial charge in [0.25, 0.3) is 5.91 Å². The molecule has 0 unspecified atom stereocenters. The Hall–Kier alpha value is -2.76. The highest BCUT2D eigenvalue weighted by Crippen LogP contribution is 2.40. The molecule has 1 saturated carbocycles. The molecule has 1 fully saturated rings. The number of benzene rings is 1. The third kappa shape index (κ3) is 3.48. The fourth-order valence-corrected chi connectivity index (χ4v) is 4.33. The van der Waals surface area contributed by atoms with Gasteiger partial charge in [0, 0.05) is 29.3 Å². The van der Waals surface area contributed by atoms with Crippen molar-refractivity contribution in [2.45, 2.75) is 57.0 Å². The molecule has 6 heteroatoms. The number of aryl methyl sites for hydroxylation is 1. The number of nitrogens with zero attached hydrogens (tertiary/aromatic N) is 2. The second-order valence-corrected chi connectivity index (χ2v) is 9.40. The summed E-state index contributed by atoms with van der Waals surface area (Å²) in [6, 6.07) is 6.10. The number of rotatable bonds is 4. The Bertz CT molecular complexity index is 1060. The van der Waals surface area contributed by atoms with E-state index in [1.54, 1.807) is 0 Å². The molecule has 156 valence electrons. The summed E-state index contributed by atoms with van der Waals surface area (Å²) in [5, 5.41) is 6.05. The lowest BCUT2D eigenvalue weighted by Crippen LogP contribution is -2.43. The maximum absolute atomic E-state index is 13.9. The van der Waals surface area contributed by atoms with Gasteiger partial charge in [-0.3, -0.25) is 4.79 Å². The van der Waals surface area contributed by atoms with Gasteiger partial charge in [-0.1, -0.05) is 26.0 Å². The van der Waals surface area contributed by atoms with Crippen LogP contribution in [0.2, 0.25) is 0 Å². The molecular weight excluding hydrogens is 379 g/mol. The van der Waals surface area contributed by atoms with E-state index in [1.807, 2.05) is 18.3 Å². The van der Waals surface area contributed by atoms with Gasteiger partial charge in [-0.2, -0.15) is 0 Å². The SMILES string of the molecule is CC1(C)CNC(=O)c2ccc(C3=CCCCc4nc(NCC5(F)CC5)ncc43)cc21. The van der Waals surface area contributed by atoms with Crippen LogP contribution < -0.4 is 10.6 Å². The summed E-state index contributed by atoms with van der Waals surface area (Å²) in [7, 11) is 0. The highest BCUT2D eigenvalue weighted by atomic mass is 19.1. The summed E-state index contributed by atoms with van der Waals surface area (Å²) in [6.45, 7) is 5.22. The molecule has 2 aromatic rings. The van der Waals surface area contributed by atoms with Gasteiger partial charge >= 0.3 is 0 Å². The number of aromatic nitrogens is 2. The van der Waals surface area contributed by atoms with Crippen molar-refractivity contribution in [2.24, 2.45) is 0 Å². The lowest BCUT2D eigenvalue weighted by Gasteiger charge is -2.33. The van der Waals surface area contributed by atoms with Crippen LogP contribution in [-0.4, -0.2) is 34.6 Å². The molecule has 0 atom stereocenters. The quantitative estimate of drug-likeness (QED) is 0.799. The topological polar surface area (TPSA) is 66.9 Å². The third-order valence-electron chi connectivity index (χ3n) is 6.48. The van der Waals surface area contributed by atoms with Crippen LogP contribution >= 0.6 is 0 Å². The van der Waals surface area contributed by atoms with Crippen molar-refractivity contribution in [3.63, 3.8) is 0 Å². The van der Waals surface area contributed by atoms with Crippen molar-refractivity contribution in [3.8, 4) is 0 Å². The normalized spacial score (nSPS) is 20.9. The number of anilines is 1. The lowest BCUT2D eigenvalue weighted by atomic mass is 9.77. The van der Waals surface area contributed by atoms with E-state index in [4.69, 9.17) is 4.98 Å². The minimum absolute atomic E-state index is 0.00790. The number of nitrogens with one attached hydrogen (secondary N) is 2. The second-order valence-electron chi connectivity index (χ2n) is 9.40. The molecule has 30 heavy (non-hydrogen) atoms. The fraction of sp³-hybridized carbons (Fsp3) is 0.458. The van der Waals surface area contributed by atoms with Gasteiger partial charge < -0.3 is 10.6 Å². The van der Waals surface area contributed by atoms with Crippen molar-refractivity contribution >= 4 is 17.4 Å². The predicted octanol–water partition coefficient (Wildman–Crippen LogP) is 4.18. The Kier molecular flexibility index (Phi) is 4.42. The first kappa shape index (κ1) is 19.2. The average molecular weight is 407 g/mol. The van der Waals surface area contributed by atoms with Gasteiger partial charge in [0.2, 0.25) is 5.95 Å². The third-order valence-corrected chi connectivity index (χ3v) is 6.48. The summed E-state index contributed by atoms with van der Waals surface area (Å²) in [5.74, 6) is 0.494. The molecule has 1 amide bonds. The van der Waals surface area contributed by atoms with Gasteiger partial charge in [-0.05, 0) is 60.9 Å². The Morgan fingerprint density at radius 2 is 2.07 bits per heavy atom. The number of amides is 1. The van der Waals surface area contributed by atoms with Crippen LogP contribution in [0.25, 0.3) is 5.57 Å². The zero-order valence-corrected chi connectivity index (χ0v) is 17.5. The van der Waals surface area contributed by atoms with Crippen LogP contribution in [-0.2, 0) is 11.8 Å². The van der Waals surface area contributed by atoms with E-state index >= 15 is 0 Å². The second kappa shape index (κ2) is 6.89. The molecule has 3 aliphatic rings. The van der Waals surface area contributed by atoms with E-state index in [-0.39, 0.29) is 17.9 Å². The molecule has 0 radical (unpaired) electrons. The maximum atomic E-state index is 13.9. The Labute approximate surface area is 176 Å². The van der Waals surface area contributed by atoms with Crippen molar-refractivity contribution in [1.82, 2.24) is 15.3 Å². The number of halogens is 1. The Balaban J connectivity index is 1.50. The highest BCUT2D eigenvalue weighted by molar-refractivity contribution is 5.98. The van der Waals surface area contributed by atoms with Crippen LogP contribution in [0.3, 0.4) is 0 Å². The van der Waals surface area contributed by atoms with Crippen molar-refractivity contribution in [3.05, 3.63) is 58.4 Å². The van der Waals surface area contributed by atoms with E-state index in [2.05, 4.69) is 41.6 Å². The number of alkyl halides is 1. The largest absolute Gasteiger partial charge is 0.351 e. The monoisotopic (exact) mass is 406 g/mol. The number of hydrogen-bond donors (Lipinski definition) is 2. The zero-order chi connectivity index (χ0) is 20.9. The van der Waals surface area contributed by atoms with Crippen LogP contribution in [0.5, 0.6) is 0 Å². The van der Waals surface area contributed by atoms with Gasteiger partial charge in [-0.15, -0.1) is 0 Å². The molecule has 1 aliphatic heterocycles. The molecular formula is C24H27FN4O. The summed E-state index contributed by atoms with van der Waals surface area (Å²) >= 11 is 0. The first-order valence-corrected chi connectivity index (χ1v) is 10.8. The summed E-state index contributed by atoms with van der Waals surface area (Å²) in [5.41, 5.74) is 4.85. The fourth-order valence-electron chi connectivity index (χ4n) is 4.33. The Morgan fingerprint density at radius 3 is 2.87 bits per heavy atom. The Morgan fingerprint density at radius 1 is 1.23 bits per heavy atom. The van der Waals surface area contributed by atoms with Gasteiger partial charge in [0.15, 0.2) is 0 Å². The van der Waals surface area contributed by atoms with E-state index in [0.717, 1.165) is 52.8 Å². The molecule has 1 aromatic heterocycles. The first-order valence-electron chi connectivity index (χ1n) is 10.8. The number of allylic oxidation sites excluding steroid dienone is 1. The molecule has 2 aliphatic carbocycles. The van der Waals surface area contributed by atoms with Crippen molar-refractivity contribution in [2.75, 3.05) is 18.4 Å². The number of hydrogen-bond acceptors (Lipinski definition) is 4. The number of fused-ring (bicyclic) bond motifs is 2.